The van der Waals surface area contributed by atoms with Crippen LogP contribution in [-0.4, -0.2) is 65.4 Å². The predicted octanol–water partition coefficient (Wildman–Crippen LogP) is 0.466. The van der Waals surface area contributed by atoms with E-state index in [-0.39, 0.29) is 56.1 Å². The lowest BCUT2D eigenvalue weighted by Gasteiger charge is -2.27. The third kappa shape index (κ3) is 6.05. The summed E-state index contributed by atoms with van der Waals surface area (Å²) >= 11 is 0. The summed E-state index contributed by atoms with van der Waals surface area (Å²) in [7, 11) is 0. The average Bonchev–Trinajstić information content (AvgIpc) is 3.24. The van der Waals surface area contributed by atoms with Gasteiger partial charge in [-0.1, -0.05) is 6.58 Å². The molecule has 1 unspecified atom stereocenters. The highest BCUT2D eigenvalue weighted by molar-refractivity contribution is 5.83. The summed E-state index contributed by atoms with van der Waals surface area (Å²) in [6, 6.07) is 0.190. The van der Waals surface area contributed by atoms with Gasteiger partial charge >= 0.3 is 5.97 Å². The highest BCUT2D eigenvalue weighted by Gasteiger charge is 2.32. The van der Waals surface area contributed by atoms with Gasteiger partial charge in [0.1, 0.15) is 0 Å². The van der Waals surface area contributed by atoms with E-state index in [2.05, 4.69) is 36.0 Å². The first-order valence-electron chi connectivity index (χ1n) is 9.81. The zero-order chi connectivity index (χ0) is 20.7. The molecular formula is C19H30N4O5. The van der Waals surface area contributed by atoms with Crippen LogP contribution in [0.1, 0.15) is 52.4 Å². The van der Waals surface area contributed by atoms with E-state index in [0.717, 1.165) is 24.4 Å². The fourth-order valence-corrected chi connectivity index (χ4v) is 3.39. The van der Waals surface area contributed by atoms with Gasteiger partial charge in [-0.05, 0) is 39.7 Å². The van der Waals surface area contributed by atoms with Crippen molar-refractivity contribution in [2.75, 3.05) is 19.6 Å². The summed E-state index contributed by atoms with van der Waals surface area (Å²) in [6.45, 7) is 9.07. The van der Waals surface area contributed by atoms with Crippen molar-refractivity contribution in [3.8, 4) is 0 Å². The number of hydrogen-bond donors (Lipinski definition) is 2. The number of nitrogens with one attached hydrogen (secondary N) is 2. The first-order chi connectivity index (χ1) is 13.3. The topological polar surface area (TPSA) is 108 Å². The fourth-order valence-electron chi connectivity index (χ4n) is 3.39. The summed E-state index contributed by atoms with van der Waals surface area (Å²) in [5.74, 6) is -1.21. The monoisotopic (exact) mass is 403 g/mol. The second-order valence-electron chi connectivity index (χ2n) is 7.35. The molecule has 0 aromatic carbocycles. The fraction of sp³-hybridized carbons (Fsp3) is 0.684. The van der Waals surface area contributed by atoms with E-state index in [1.165, 1.54) is 0 Å². The Labute approximate surface area is 165 Å². The van der Waals surface area contributed by atoms with Crippen molar-refractivity contribution < 1.29 is 24.0 Å². The molecule has 9 nitrogen and oxygen atoms in total. The van der Waals surface area contributed by atoms with Crippen LogP contribution in [-0.2, 0) is 24.0 Å². The van der Waals surface area contributed by atoms with Crippen molar-refractivity contribution >= 4 is 23.7 Å². The normalized spacial score (nSPS) is 20.0. The molecule has 0 bridgehead atoms. The quantitative estimate of drug-likeness (QED) is 0.428. The van der Waals surface area contributed by atoms with Crippen LogP contribution >= 0.6 is 0 Å². The van der Waals surface area contributed by atoms with Crippen molar-refractivity contribution in [1.82, 2.24) is 20.6 Å². The summed E-state index contributed by atoms with van der Waals surface area (Å²) < 4.78 is 0. The lowest BCUT2D eigenvalue weighted by Crippen LogP contribution is -2.46. The van der Waals surface area contributed by atoms with E-state index in [1.807, 2.05) is 0 Å². The van der Waals surface area contributed by atoms with Crippen molar-refractivity contribution in [3.05, 3.63) is 12.3 Å². The minimum absolute atomic E-state index is 0.0434. The van der Waals surface area contributed by atoms with Crippen LogP contribution in [0.15, 0.2) is 12.3 Å². The van der Waals surface area contributed by atoms with Gasteiger partial charge in [-0.15, -0.1) is 5.06 Å². The van der Waals surface area contributed by atoms with Crippen LogP contribution in [0.3, 0.4) is 0 Å². The van der Waals surface area contributed by atoms with Gasteiger partial charge in [0.2, 0.25) is 11.8 Å². The minimum Gasteiger partial charge on any atom is -0.355 e. The first kappa shape index (κ1) is 21.9. The molecule has 2 aliphatic heterocycles. The molecule has 0 aliphatic carbocycles. The molecule has 0 radical (unpaired) electrons. The van der Waals surface area contributed by atoms with Gasteiger partial charge in [0, 0.05) is 32.0 Å². The number of likely N-dealkylation sites (tertiary alicyclic amines) is 1. The number of hydroxylamine groups is 2. The highest BCUT2D eigenvalue weighted by Crippen LogP contribution is 2.21. The molecule has 1 atom stereocenters. The molecule has 0 spiro atoms. The number of carbonyl (C=O) groups is 4. The highest BCUT2D eigenvalue weighted by atomic mass is 16.8. The van der Waals surface area contributed by atoms with Crippen LogP contribution in [0.25, 0.3) is 0 Å². The predicted molar refractivity (Wildman–Crippen MR) is 101 cm³/mol. The lowest BCUT2D eigenvalue weighted by atomic mass is 10.2. The Balaban J connectivity index is 1.58. The van der Waals surface area contributed by atoms with Gasteiger partial charge in [0.15, 0.2) is 0 Å². The molecule has 3 amide bonds. The molecule has 0 saturated carbocycles. The van der Waals surface area contributed by atoms with E-state index in [1.54, 1.807) is 0 Å². The molecule has 2 rings (SSSR count). The number of rotatable bonds is 9. The number of allylic oxidation sites excluding steroid dienone is 1. The third-order valence-corrected chi connectivity index (χ3v) is 4.90. The minimum atomic E-state index is -0.611. The maximum atomic E-state index is 12.3. The zero-order valence-electron chi connectivity index (χ0n) is 16.7. The molecule has 2 saturated heterocycles. The second-order valence-corrected chi connectivity index (χ2v) is 7.35. The zero-order valence-corrected chi connectivity index (χ0v) is 16.7. The molecule has 2 N–H and O–H groups in total. The summed E-state index contributed by atoms with van der Waals surface area (Å²) in [4.78, 5) is 54.5. The maximum Gasteiger partial charge on any atom is 0.334 e. The number of amides is 3. The van der Waals surface area contributed by atoms with E-state index in [4.69, 9.17) is 4.84 Å². The molecule has 9 heteroatoms. The summed E-state index contributed by atoms with van der Waals surface area (Å²) in [5, 5.41) is 6.33. The second kappa shape index (κ2) is 10.2. The summed E-state index contributed by atoms with van der Waals surface area (Å²) in [6.07, 6.45) is 2.68. The molecule has 2 fully saturated rings. The largest absolute Gasteiger partial charge is 0.355 e. The Kier molecular flexibility index (Phi) is 7.98. The van der Waals surface area contributed by atoms with Crippen LogP contribution < -0.4 is 10.6 Å². The smallest absolute Gasteiger partial charge is 0.334 e. The van der Waals surface area contributed by atoms with Gasteiger partial charge in [-0.25, -0.2) is 4.79 Å². The SMILES string of the molecule is C=C1CCC(=O)N1O[13C](=O)[13CH2]C[15NH][13C](=O)[13CH2][13CH2][15NH]C(=O)C1CCCN1C([13CH3])[13CH3]. The average molecular weight is 403 g/mol. The number of carbonyl (C=O) groups excluding carboxylic acids is 4. The Hall–Kier alpha value is -2.42. The molecule has 28 heavy (non-hydrogen) atoms. The molecule has 0 aromatic rings. The third-order valence-electron chi connectivity index (χ3n) is 4.90. The van der Waals surface area contributed by atoms with Crippen LogP contribution in [0, 0.1) is 0 Å². The van der Waals surface area contributed by atoms with E-state index in [0.29, 0.717) is 18.2 Å². The Morgan fingerprint density at radius 3 is 2.54 bits per heavy atom. The van der Waals surface area contributed by atoms with Gasteiger partial charge in [0.05, 0.1) is 18.2 Å². The van der Waals surface area contributed by atoms with Gasteiger partial charge in [-0.3, -0.25) is 19.3 Å². The molecular weight excluding hydrogens is 373 g/mol. The van der Waals surface area contributed by atoms with Crippen molar-refractivity contribution in [2.45, 2.75) is 64.5 Å². The number of hydrogen-bond acceptors (Lipinski definition) is 6. The Bertz CT molecular complexity index is 618. The van der Waals surface area contributed by atoms with Crippen LogP contribution in [0.5, 0.6) is 0 Å². The van der Waals surface area contributed by atoms with Crippen molar-refractivity contribution in [2.24, 2.45) is 0 Å². The van der Waals surface area contributed by atoms with Gasteiger partial charge in [0.25, 0.3) is 5.91 Å². The Morgan fingerprint density at radius 2 is 1.89 bits per heavy atom. The van der Waals surface area contributed by atoms with Gasteiger partial charge < -0.3 is 15.5 Å². The lowest BCUT2D eigenvalue weighted by molar-refractivity contribution is -0.186. The van der Waals surface area contributed by atoms with Crippen molar-refractivity contribution in [3.63, 3.8) is 0 Å². The summed E-state index contributed by atoms with van der Waals surface area (Å²) in [5.41, 5.74) is 0.455. The molecule has 2 heterocycles. The molecule has 0 aromatic heterocycles. The first-order valence-corrected chi connectivity index (χ1v) is 9.81. The van der Waals surface area contributed by atoms with E-state index < -0.39 is 5.97 Å². The van der Waals surface area contributed by atoms with E-state index >= 15 is 0 Å². The van der Waals surface area contributed by atoms with E-state index in [9.17, 15) is 19.2 Å². The standard InChI is InChI=1S/C19H30N4O5/c1-13(2)22-12-4-5-15(22)19(27)21-10-8-16(24)20-11-9-18(26)28-23-14(3)6-7-17(23)25/h13,15H,3-12H2,1-2H3,(H,20,24)(H,21,27)/i1+1,2+1,8+1,9+1,10+1,16+1,18+1,20+1,21+1. The van der Waals surface area contributed by atoms with Crippen LogP contribution in [0.2, 0.25) is 0 Å². The molecule has 2 aliphatic rings. The van der Waals surface area contributed by atoms with Crippen molar-refractivity contribution in [1.29, 1.82) is 0 Å². The molecule has 156 valence electrons. The van der Waals surface area contributed by atoms with Gasteiger partial charge in [-0.2, -0.15) is 0 Å². The number of nitrogens with zero attached hydrogens (tertiary/aromatic N) is 2. The Morgan fingerprint density at radius 1 is 1.18 bits per heavy atom. The van der Waals surface area contributed by atoms with Crippen LogP contribution in [0.4, 0.5) is 0 Å². The maximum absolute atomic E-state index is 12.3.